The number of halogens is 2. The summed E-state index contributed by atoms with van der Waals surface area (Å²) in [5.74, 6) is -0.755. The molecule has 2 aromatic carbocycles. The Balaban J connectivity index is 2.05. The fraction of sp³-hybridized carbons (Fsp3) is 0.176. The molecule has 1 N–H and O–H groups in total. The summed E-state index contributed by atoms with van der Waals surface area (Å²) >= 11 is 12.1. The molecular formula is C17H14Cl2O4. The lowest BCUT2D eigenvalue weighted by Gasteiger charge is -2.10. The maximum Gasteiger partial charge on any atom is 0.303 e. The Bertz CT molecular complexity index is 708. The highest BCUT2D eigenvalue weighted by Crippen LogP contribution is 2.26. The smallest absolute Gasteiger partial charge is 0.303 e. The third kappa shape index (κ3) is 4.98. The normalized spacial score (nSPS) is 10.3. The van der Waals surface area contributed by atoms with Crippen molar-refractivity contribution in [2.75, 3.05) is 0 Å². The van der Waals surface area contributed by atoms with Gasteiger partial charge in [0, 0.05) is 27.6 Å². The molecule has 4 nitrogen and oxygen atoms in total. The number of aliphatic carboxylic acids is 1. The van der Waals surface area contributed by atoms with Gasteiger partial charge in [-0.05, 0) is 24.3 Å². The molecule has 0 saturated heterocycles. The number of hydrogen-bond acceptors (Lipinski definition) is 3. The topological polar surface area (TPSA) is 63.6 Å². The van der Waals surface area contributed by atoms with Crippen LogP contribution in [0.15, 0.2) is 42.5 Å². The molecule has 0 unspecified atom stereocenters. The third-order valence-electron chi connectivity index (χ3n) is 3.17. The predicted molar refractivity (Wildman–Crippen MR) is 88.4 cm³/mol. The Labute approximate surface area is 143 Å². The largest absolute Gasteiger partial charge is 0.489 e. The molecule has 0 saturated carbocycles. The first-order valence-corrected chi connectivity index (χ1v) is 7.63. The Kier molecular flexibility index (Phi) is 6.02. The van der Waals surface area contributed by atoms with Gasteiger partial charge in [0.15, 0.2) is 5.78 Å². The highest BCUT2D eigenvalue weighted by molar-refractivity contribution is 6.35. The fourth-order valence-corrected chi connectivity index (χ4v) is 2.46. The summed E-state index contributed by atoms with van der Waals surface area (Å²) in [4.78, 5) is 22.4. The summed E-state index contributed by atoms with van der Waals surface area (Å²) in [5, 5.41) is 9.64. The van der Waals surface area contributed by atoms with Gasteiger partial charge in [-0.1, -0.05) is 41.4 Å². The molecule has 0 fully saturated rings. The van der Waals surface area contributed by atoms with Crippen LogP contribution in [0, 0.1) is 0 Å². The van der Waals surface area contributed by atoms with E-state index in [9.17, 15) is 9.59 Å². The fourth-order valence-electron chi connectivity index (χ4n) is 1.95. The molecular weight excluding hydrogens is 339 g/mol. The zero-order valence-corrected chi connectivity index (χ0v) is 13.6. The highest BCUT2D eigenvalue weighted by Gasteiger charge is 2.10. The van der Waals surface area contributed by atoms with Gasteiger partial charge in [0.05, 0.1) is 6.42 Å². The number of carboxylic acids is 1. The van der Waals surface area contributed by atoms with Crippen LogP contribution in [0.5, 0.6) is 5.75 Å². The van der Waals surface area contributed by atoms with Crippen molar-refractivity contribution < 1.29 is 19.4 Å². The Morgan fingerprint density at radius 3 is 2.30 bits per heavy atom. The molecule has 0 atom stereocenters. The zero-order valence-electron chi connectivity index (χ0n) is 12.1. The zero-order chi connectivity index (χ0) is 16.8. The van der Waals surface area contributed by atoms with Crippen molar-refractivity contribution in [3.8, 4) is 5.75 Å². The molecule has 0 radical (unpaired) electrons. The average Bonchev–Trinajstić information content (AvgIpc) is 2.52. The van der Waals surface area contributed by atoms with Gasteiger partial charge in [-0.3, -0.25) is 9.59 Å². The van der Waals surface area contributed by atoms with Gasteiger partial charge in [-0.25, -0.2) is 0 Å². The average molecular weight is 353 g/mol. The molecule has 0 heterocycles. The first-order chi connectivity index (χ1) is 11.0. The van der Waals surface area contributed by atoms with Crippen LogP contribution in [0.25, 0.3) is 0 Å². The summed E-state index contributed by atoms with van der Waals surface area (Å²) in [6.07, 6.45) is -0.242. The van der Waals surface area contributed by atoms with Crippen molar-refractivity contribution in [1.82, 2.24) is 0 Å². The van der Waals surface area contributed by atoms with Crippen molar-refractivity contribution in [3.05, 3.63) is 63.6 Å². The molecule has 23 heavy (non-hydrogen) atoms. The number of ketones is 1. The summed E-state index contributed by atoms with van der Waals surface area (Å²) in [5.41, 5.74) is 1.08. The van der Waals surface area contributed by atoms with Crippen molar-refractivity contribution in [1.29, 1.82) is 0 Å². The van der Waals surface area contributed by atoms with E-state index in [1.165, 1.54) is 0 Å². The summed E-state index contributed by atoms with van der Waals surface area (Å²) in [6.45, 7) is 0.172. The molecule has 2 aromatic rings. The van der Waals surface area contributed by atoms with E-state index in [0.29, 0.717) is 26.9 Å². The molecule has 0 spiro atoms. The lowest BCUT2D eigenvalue weighted by atomic mass is 10.1. The van der Waals surface area contributed by atoms with E-state index in [1.807, 2.05) is 0 Å². The predicted octanol–water partition coefficient (Wildman–Crippen LogP) is 4.62. The standard InChI is InChI=1S/C17H14Cl2O4/c18-14-5-2-6-15(19)13(14)10-23-12-4-1-3-11(9-12)16(20)7-8-17(21)22/h1-6,9H,7-8,10H2,(H,21,22). The first-order valence-electron chi connectivity index (χ1n) is 6.88. The van der Waals surface area contributed by atoms with Crippen molar-refractivity contribution in [2.24, 2.45) is 0 Å². The van der Waals surface area contributed by atoms with Crippen LogP contribution >= 0.6 is 23.2 Å². The van der Waals surface area contributed by atoms with Gasteiger partial charge in [0.2, 0.25) is 0 Å². The Morgan fingerprint density at radius 2 is 1.65 bits per heavy atom. The van der Waals surface area contributed by atoms with E-state index < -0.39 is 5.97 Å². The van der Waals surface area contributed by atoms with Crippen molar-refractivity contribution >= 4 is 35.0 Å². The second-order valence-electron chi connectivity index (χ2n) is 4.83. The van der Waals surface area contributed by atoms with Crippen LogP contribution in [0.3, 0.4) is 0 Å². The van der Waals surface area contributed by atoms with Gasteiger partial charge < -0.3 is 9.84 Å². The van der Waals surface area contributed by atoms with Crippen LogP contribution in [0.4, 0.5) is 0 Å². The van der Waals surface area contributed by atoms with Crippen molar-refractivity contribution in [2.45, 2.75) is 19.4 Å². The molecule has 0 amide bonds. The molecule has 0 bridgehead atoms. The Morgan fingerprint density at radius 1 is 1.00 bits per heavy atom. The third-order valence-corrected chi connectivity index (χ3v) is 3.88. The number of ether oxygens (including phenoxy) is 1. The quantitative estimate of drug-likeness (QED) is 0.738. The van der Waals surface area contributed by atoms with Crippen LogP contribution in [-0.4, -0.2) is 16.9 Å². The lowest BCUT2D eigenvalue weighted by Crippen LogP contribution is -2.04. The van der Waals surface area contributed by atoms with Gasteiger partial charge >= 0.3 is 5.97 Å². The number of hydrogen-bond donors (Lipinski definition) is 1. The van der Waals surface area contributed by atoms with Crippen molar-refractivity contribution in [3.63, 3.8) is 0 Å². The monoisotopic (exact) mass is 352 g/mol. The summed E-state index contributed by atoms with van der Waals surface area (Å²) in [7, 11) is 0. The first kappa shape index (κ1) is 17.3. The van der Waals surface area contributed by atoms with E-state index in [4.69, 9.17) is 33.0 Å². The molecule has 6 heteroatoms. The SMILES string of the molecule is O=C(O)CCC(=O)c1cccc(OCc2c(Cl)cccc2Cl)c1. The molecule has 120 valence electrons. The van der Waals surface area contributed by atoms with Crippen LogP contribution < -0.4 is 4.74 Å². The van der Waals surface area contributed by atoms with Gasteiger partial charge in [0.25, 0.3) is 0 Å². The van der Waals surface area contributed by atoms with Crippen LogP contribution in [-0.2, 0) is 11.4 Å². The number of carboxylic acid groups (broad SMARTS) is 1. The molecule has 0 aliphatic carbocycles. The van der Waals surface area contributed by atoms with E-state index in [2.05, 4.69) is 0 Å². The molecule has 2 rings (SSSR count). The van der Waals surface area contributed by atoms with E-state index in [1.54, 1.807) is 42.5 Å². The number of benzene rings is 2. The molecule has 0 aromatic heterocycles. The van der Waals surface area contributed by atoms with Crippen LogP contribution in [0.1, 0.15) is 28.8 Å². The van der Waals surface area contributed by atoms with E-state index in [0.717, 1.165) is 0 Å². The number of rotatable bonds is 7. The lowest BCUT2D eigenvalue weighted by molar-refractivity contribution is -0.136. The van der Waals surface area contributed by atoms with E-state index in [-0.39, 0.29) is 25.2 Å². The Hall–Kier alpha value is -2.04. The second kappa shape index (κ2) is 7.99. The summed E-state index contributed by atoms with van der Waals surface area (Å²) in [6, 6.07) is 11.8. The maximum absolute atomic E-state index is 11.9. The van der Waals surface area contributed by atoms with Gasteiger partial charge in [-0.15, -0.1) is 0 Å². The minimum Gasteiger partial charge on any atom is -0.489 e. The summed E-state index contributed by atoms with van der Waals surface area (Å²) < 4.78 is 5.63. The maximum atomic E-state index is 11.9. The minimum atomic E-state index is -1.00. The minimum absolute atomic E-state index is 0.0465. The molecule has 0 aliphatic heterocycles. The second-order valence-corrected chi connectivity index (χ2v) is 5.65. The van der Waals surface area contributed by atoms with Gasteiger partial charge in [-0.2, -0.15) is 0 Å². The number of carbonyl (C=O) groups is 2. The molecule has 0 aliphatic rings. The highest BCUT2D eigenvalue weighted by atomic mass is 35.5. The number of carbonyl (C=O) groups excluding carboxylic acids is 1. The van der Waals surface area contributed by atoms with Crippen LogP contribution in [0.2, 0.25) is 10.0 Å². The van der Waals surface area contributed by atoms with Gasteiger partial charge in [0.1, 0.15) is 12.4 Å². The van der Waals surface area contributed by atoms with E-state index >= 15 is 0 Å². The number of Topliss-reactive ketones (excluding diaryl/α,β-unsaturated/α-hetero) is 1.